The summed E-state index contributed by atoms with van der Waals surface area (Å²) in [6, 6.07) is 15.3. The van der Waals surface area contributed by atoms with E-state index >= 15 is 0 Å². The number of carbonyl (C=O) groups is 2. The number of thiazole rings is 1. The molecule has 2 aromatic carbocycles. The summed E-state index contributed by atoms with van der Waals surface area (Å²) < 4.78 is 16.3. The normalized spacial score (nSPS) is 10.7. The molecule has 0 radical (unpaired) electrons. The third-order valence-corrected chi connectivity index (χ3v) is 5.56. The summed E-state index contributed by atoms with van der Waals surface area (Å²) in [6.45, 7) is 4.85. The van der Waals surface area contributed by atoms with E-state index in [9.17, 15) is 9.59 Å². The van der Waals surface area contributed by atoms with Crippen LogP contribution in [0, 0.1) is 0 Å². The summed E-state index contributed by atoms with van der Waals surface area (Å²) in [5.41, 5.74) is 5.42. The van der Waals surface area contributed by atoms with E-state index in [2.05, 4.69) is 20.8 Å². The van der Waals surface area contributed by atoms with Gasteiger partial charge in [-0.15, -0.1) is 11.3 Å². The maximum absolute atomic E-state index is 12.2. The highest BCUT2D eigenvalue weighted by atomic mass is 32.1. The molecule has 190 valence electrons. The number of anilines is 1. The van der Waals surface area contributed by atoms with Crippen molar-refractivity contribution in [1.82, 2.24) is 10.3 Å². The average molecular weight is 511 g/mol. The van der Waals surface area contributed by atoms with Crippen molar-refractivity contribution in [3.05, 3.63) is 70.7 Å². The van der Waals surface area contributed by atoms with E-state index in [-0.39, 0.29) is 24.9 Å². The van der Waals surface area contributed by atoms with Gasteiger partial charge >= 0.3 is 5.97 Å². The Kier molecular flexibility index (Phi) is 10.7. The number of nitrogens with one attached hydrogen (secondary N) is 2. The standard InChI is InChI=1S/C26H30N4O5S/c1-3-33-23-14-20(16-28-30-26-29-21(18-36-26)15-25(32)34-4-2)10-11-22(23)35-17-24(31)27-13-12-19-8-6-5-7-9-19/h5-11,14,16,18H,3-4,12-13,15,17H2,1-2H3,(H,27,31)(H,29,30). The number of rotatable bonds is 14. The Morgan fingerprint density at radius 3 is 2.67 bits per heavy atom. The van der Waals surface area contributed by atoms with Crippen LogP contribution >= 0.6 is 11.3 Å². The quantitative estimate of drug-likeness (QED) is 0.193. The number of ether oxygens (including phenoxy) is 3. The van der Waals surface area contributed by atoms with Crippen LogP contribution in [0.2, 0.25) is 0 Å². The fourth-order valence-electron chi connectivity index (χ4n) is 3.14. The van der Waals surface area contributed by atoms with Gasteiger partial charge in [0.25, 0.3) is 5.91 Å². The van der Waals surface area contributed by atoms with E-state index < -0.39 is 0 Å². The Morgan fingerprint density at radius 1 is 1.06 bits per heavy atom. The molecule has 0 bridgehead atoms. The van der Waals surface area contributed by atoms with Gasteiger partial charge in [-0.1, -0.05) is 30.3 Å². The fraction of sp³-hybridized carbons (Fsp3) is 0.308. The molecule has 10 heteroatoms. The minimum Gasteiger partial charge on any atom is -0.490 e. The van der Waals surface area contributed by atoms with Gasteiger partial charge in [-0.2, -0.15) is 5.10 Å². The predicted molar refractivity (Wildman–Crippen MR) is 140 cm³/mol. The molecule has 9 nitrogen and oxygen atoms in total. The van der Waals surface area contributed by atoms with Crippen LogP contribution in [0.4, 0.5) is 5.13 Å². The molecule has 3 rings (SSSR count). The van der Waals surface area contributed by atoms with Gasteiger partial charge in [0.15, 0.2) is 18.1 Å². The van der Waals surface area contributed by atoms with Gasteiger partial charge in [0.05, 0.1) is 31.5 Å². The predicted octanol–water partition coefficient (Wildman–Crippen LogP) is 3.83. The van der Waals surface area contributed by atoms with Crippen molar-refractivity contribution < 1.29 is 23.8 Å². The molecule has 0 atom stereocenters. The highest BCUT2D eigenvalue weighted by molar-refractivity contribution is 7.13. The van der Waals surface area contributed by atoms with Crippen LogP contribution in [0.5, 0.6) is 11.5 Å². The van der Waals surface area contributed by atoms with Crippen molar-refractivity contribution in [2.45, 2.75) is 26.7 Å². The largest absolute Gasteiger partial charge is 0.490 e. The van der Waals surface area contributed by atoms with Crippen LogP contribution in [0.3, 0.4) is 0 Å². The lowest BCUT2D eigenvalue weighted by Gasteiger charge is -2.12. The molecule has 0 fully saturated rings. The number of carbonyl (C=O) groups excluding carboxylic acids is 2. The summed E-state index contributed by atoms with van der Waals surface area (Å²) in [4.78, 5) is 28.1. The fourth-order valence-corrected chi connectivity index (χ4v) is 3.80. The molecule has 3 aromatic rings. The average Bonchev–Trinajstić information content (AvgIpc) is 3.31. The zero-order valence-electron chi connectivity index (χ0n) is 20.4. The molecule has 2 N–H and O–H groups in total. The Hall–Kier alpha value is -3.92. The van der Waals surface area contributed by atoms with Crippen molar-refractivity contribution in [1.29, 1.82) is 0 Å². The van der Waals surface area contributed by atoms with E-state index in [0.717, 1.165) is 17.5 Å². The summed E-state index contributed by atoms with van der Waals surface area (Å²) in [5, 5.41) is 9.41. The molecule has 1 aromatic heterocycles. The minimum absolute atomic E-state index is 0.109. The number of benzene rings is 2. The van der Waals surface area contributed by atoms with Crippen molar-refractivity contribution >= 4 is 34.6 Å². The molecule has 0 aliphatic heterocycles. The van der Waals surface area contributed by atoms with Crippen LogP contribution < -0.4 is 20.2 Å². The lowest BCUT2D eigenvalue weighted by Crippen LogP contribution is -2.30. The maximum Gasteiger partial charge on any atom is 0.311 e. The van der Waals surface area contributed by atoms with E-state index in [1.807, 2.05) is 43.3 Å². The zero-order valence-corrected chi connectivity index (χ0v) is 21.2. The second-order valence-corrected chi connectivity index (χ2v) is 8.37. The molecule has 0 saturated heterocycles. The minimum atomic E-state index is -0.312. The van der Waals surface area contributed by atoms with E-state index in [1.165, 1.54) is 11.3 Å². The summed E-state index contributed by atoms with van der Waals surface area (Å²) >= 11 is 1.35. The van der Waals surface area contributed by atoms with Crippen LogP contribution in [-0.2, 0) is 27.2 Å². The van der Waals surface area contributed by atoms with Gasteiger partial charge in [-0.25, -0.2) is 4.98 Å². The molecular weight excluding hydrogens is 480 g/mol. The number of hydrogen-bond donors (Lipinski definition) is 2. The maximum atomic E-state index is 12.2. The number of hydrazone groups is 1. The molecule has 0 spiro atoms. The summed E-state index contributed by atoms with van der Waals surface area (Å²) in [7, 11) is 0. The first-order valence-corrected chi connectivity index (χ1v) is 12.5. The monoisotopic (exact) mass is 510 g/mol. The Labute approximate surface area is 214 Å². The molecule has 0 aliphatic rings. The van der Waals surface area contributed by atoms with Gasteiger partial charge in [0.1, 0.15) is 0 Å². The summed E-state index contributed by atoms with van der Waals surface area (Å²) in [6.07, 6.45) is 2.50. The first-order chi connectivity index (χ1) is 17.6. The van der Waals surface area contributed by atoms with Gasteiger partial charge in [0, 0.05) is 11.9 Å². The molecule has 1 heterocycles. The second-order valence-electron chi connectivity index (χ2n) is 7.51. The number of hydrogen-bond acceptors (Lipinski definition) is 9. The lowest BCUT2D eigenvalue weighted by atomic mass is 10.1. The smallest absolute Gasteiger partial charge is 0.311 e. The highest BCUT2D eigenvalue weighted by Gasteiger charge is 2.10. The van der Waals surface area contributed by atoms with Crippen molar-refractivity contribution in [3.8, 4) is 11.5 Å². The van der Waals surface area contributed by atoms with Crippen LogP contribution in [-0.4, -0.2) is 49.4 Å². The number of amides is 1. The SMILES string of the molecule is CCOC(=O)Cc1csc(NN=Cc2ccc(OCC(=O)NCCc3ccccc3)c(OCC)c2)n1. The Morgan fingerprint density at radius 2 is 1.89 bits per heavy atom. The first-order valence-electron chi connectivity index (χ1n) is 11.7. The number of esters is 1. The summed E-state index contributed by atoms with van der Waals surface area (Å²) in [5.74, 6) is 0.482. The van der Waals surface area contributed by atoms with Gasteiger partial charge in [-0.05, 0) is 49.6 Å². The Bertz CT molecular complexity index is 1150. The molecule has 0 unspecified atom stereocenters. The Balaban J connectivity index is 1.49. The lowest BCUT2D eigenvalue weighted by molar-refractivity contribution is -0.142. The number of nitrogens with zero attached hydrogens (tertiary/aromatic N) is 2. The third-order valence-electron chi connectivity index (χ3n) is 4.76. The second kappa shape index (κ2) is 14.5. The molecule has 1 amide bonds. The molecule has 36 heavy (non-hydrogen) atoms. The highest BCUT2D eigenvalue weighted by Crippen LogP contribution is 2.28. The van der Waals surface area contributed by atoms with E-state index in [0.29, 0.717) is 42.1 Å². The topological polar surface area (TPSA) is 111 Å². The van der Waals surface area contributed by atoms with Gasteiger partial charge in [0.2, 0.25) is 5.13 Å². The molecule has 0 aliphatic carbocycles. The van der Waals surface area contributed by atoms with Crippen molar-refractivity contribution in [2.24, 2.45) is 5.10 Å². The van der Waals surface area contributed by atoms with Gasteiger partial charge < -0.3 is 19.5 Å². The van der Waals surface area contributed by atoms with Crippen LogP contribution in [0.15, 0.2) is 59.0 Å². The van der Waals surface area contributed by atoms with Crippen molar-refractivity contribution in [2.75, 3.05) is 31.8 Å². The number of aromatic nitrogens is 1. The van der Waals surface area contributed by atoms with E-state index in [4.69, 9.17) is 14.2 Å². The first kappa shape index (κ1) is 26.7. The van der Waals surface area contributed by atoms with Crippen LogP contribution in [0.1, 0.15) is 30.7 Å². The third kappa shape index (κ3) is 9.03. The van der Waals surface area contributed by atoms with E-state index in [1.54, 1.807) is 30.7 Å². The molecular formula is C26H30N4O5S. The molecule has 0 saturated carbocycles. The van der Waals surface area contributed by atoms with Crippen molar-refractivity contribution in [3.63, 3.8) is 0 Å². The van der Waals surface area contributed by atoms with Crippen LogP contribution in [0.25, 0.3) is 0 Å². The zero-order chi connectivity index (χ0) is 25.6. The van der Waals surface area contributed by atoms with Gasteiger partial charge in [-0.3, -0.25) is 15.0 Å².